The Morgan fingerprint density at radius 1 is 1.28 bits per heavy atom. The Kier molecular flexibility index (Phi) is 3.70. The van der Waals surface area contributed by atoms with Gasteiger partial charge < -0.3 is 10.6 Å². The van der Waals surface area contributed by atoms with Crippen LogP contribution in [0.4, 0.5) is 11.4 Å². The average Bonchev–Trinajstić information content (AvgIpc) is 2.39. The zero-order chi connectivity index (χ0) is 13.1. The number of nitrogens with zero attached hydrogens (tertiary/aromatic N) is 2. The molecule has 1 heterocycles. The van der Waals surface area contributed by atoms with Gasteiger partial charge in [0.05, 0.1) is 0 Å². The second-order valence-electron chi connectivity index (χ2n) is 4.84. The molecule has 1 unspecified atom stereocenters. The molecule has 3 heteroatoms. The fraction of sp³-hybridized carbons (Fsp3) is 0.400. The van der Waals surface area contributed by atoms with E-state index in [1.54, 1.807) is 0 Å². The number of nitrogens with two attached hydrogens (primary N) is 1. The molecule has 0 saturated heterocycles. The molecular weight excluding hydrogens is 222 g/mol. The zero-order valence-electron chi connectivity index (χ0n) is 11.4. The number of fused-ring (bicyclic) bond motifs is 1. The highest BCUT2D eigenvalue weighted by molar-refractivity contribution is 6.00. The predicted molar refractivity (Wildman–Crippen MR) is 78.9 cm³/mol. The van der Waals surface area contributed by atoms with E-state index in [1.807, 2.05) is 24.5 Å². The van der Waals surface area contributed by atoms with Gasteiger partial charge in [-0.1, -0.05) is 13.3 Å². The molecular formula is C15H21N3. The maximum Gasteiger partial charge on any atom is 0.0448 e. The van der Waals surface area contributed by atoms with E-state index in [9.17, 15) is 0 Å². The number of hydrogen-bond acceptors (Lipinski definition) is 3. The molecule has 2 aromatic rings. The third-order valence-electron chi connectivity index (χ3n) is 3.58. The summed E-state index contributed by atoms with van der Waals surface area (Å²) < 4.78 is 0. The molecule has 3 nitrogen and oxygen atoms in total. The molecule has 1 aromatic carbocycles. The van der Waals surface area contributed by atoms with Crippen LogP contribution in [0.2, 0.25) is 0 Å². The van der Waals surface area contributed by atoms with E-state index in [1.165, 1.54) is 23.9 Å². The van der Waals surface area contributed by atoms with Gasteiger partial charge in [0.2, 0.25) is 0 Å². The van der Waals surface area contributed by atoms with Crippen LogP contribution in [0, 0.1) is 0 Å². The highest BCUT2D eigenvalue weighted by Gasteiger charge is 2.12. The van der Waals surface area contributed by atoms with Crippen LogP contribution in [-0.4, -0.2) is 18.1 Å². The molecule has 2 N–H and O–H groups in total. The van der Waals surface area contributed by atoms with Gasteiger partial charge in [-0.3, -0.25) is 4.98 Å². The summed E-state index contributed by atoms with van der Waals surface area (Å²) in [5.41, 5.74) is 8.02. The van der Waals surface area contributed by atoms with E-state index < -0.39 is 0 Å². The predicted octanol–water partition coefficient (Wildman–Crippen LogP) is 3.44. The minimum Gasteiger partial charge on any atom is -0.398 e. The molecule has 0 spiro atoms. The van der Waals surface area contributed by atoms with Gasteiger partial charge in [0, 0.05) is 47.6 Å². The van der Waals surface area contributed by atoms with Gasteiger partial charge in [-0.15, -0.1) is 0 Å². The smallest absolute Gasteiger partial charge is 0.0448 e. The number of aromatic nitrogens is 1. The van der Waals surface area contributed by atoms with Gasteiger partial charge in [0.15, 0.2) is 0 Å². The Morgan fingerprint density at radius 2 is 2.06 bits per heavy atom. The SMILES string of the molecule is CCCC(C)N(C)c1ccc(N)c2cnccc12. The largest absolute Gasteiger partial charge is 0.398 e. The van der Waals surface area contributed by atoms with Gasteiger partial charge in [-0.25, -0.2) is 0 Å². The van der Waals surface area contributed by atoms with Gasteiger partial charge in [0.1, 0.15) is 0 Å². The van der Waals surface area contributed by atoms with Crippen LogP contribution in [0.5, 0.6) is 0 Å². The number of hydrogen-bond donors (Lipinski definition) is 1. The molecule has 0 amide bonds. The lowest BCUT2D eigenvalue weighted by Crippen LogP contribution is -2.28. The molecule has 18 heavy (non-hydrogen) atoms. The van der Waals surface area contributed by atoms with Gasteiger partial charge in [-0.2, -0.15) is 0 Å². The number of pyridine rings is 1. The summed E-state index contributed by atoms with van der Waals surface area (Å²) in [7, 11) is 2.14. The Hall–Kier alpha value is -1.77. The molecule has 0 fully saturated rings. The summed E-state index contributed by atoms with van der Waals surface area (Å²) in [6.45, 7) is 4.47. The number of anilines is 2. The molecule has 0 radical (unpaired) electrons. The molecule has 0 saturated carbocycles. The van der Waals surface area contributed by atoms with Crippen molar-refractivity contribution in [1.82, 2.24) is 4.98 Å². The van der Waals surface area contributed by atoms with Crippen LogP contribution in [0.1, 0.15) is 26.7 Å². The summed E-state index contributed by atoms with van der Waals surface area (Å²) in [6, 6.07) is 6.63. The fourth-order valence-electron chi connectivity index (χ4n) is 2.35. The first kappa shape index (κ1) is 12.7. The summed E-state index contributed by atoms with van der Waals surface area (Å²) in [6.07, 6.45) is 6.05. The lowest BCUT2D eigenvalue weighted by atomic mass is 10.1. The molecule has 0 aliphatic heterocycles. The van der Waals surface area contributed by atoms with Crippen molar-refractivity contribution >= 4 is 22.1 Å². The Bertz CT molecular complexity index is 536. The van der Waals surface area contributed by atoms with Crippen LogP contribution < -0.4 is 10.6 Å². The normalized spacial score (nSPS) is 12.6. The van der Waals surface area contributed by atoms with E-state index in [0.717, 1.165) is 11.1 Å². The van der Waals surface area contributed by atoms with Crippen LogP contribution in [0.25, 0.3) is 10.8 Å². The van der Waals surface area contributed by atoms with Crippen LogP contribution >= 0.6 is 0 Å². The first-order valence-electron chi connectivity index (χ1n) is 6.50. The minimum absolute atomic E-state index is 0.523. The minimum atomic E-state index is 0.523. The first-order valence-corrected chi connectivity index (χ1v) is 6.50. The molecule has 0 aliphatic rings. The lowest BCUT2D eigenvalue weighted by Gasteiger charge is -2.28. The van der Waals surface area contributed by atoms with Crippen LogP contribution in [0.3, 0.4) is 0 Å². The second kappa shape index (κ2) is 5.25. The van der Waals surface area contributed by atoms with Crippen LogP contribution in [0.15, 0.2) is 30.6 Å². The highest BCUT2D eigenvalue weighted by atomic mass is 15.1. The maximum atomic E-state index is 6.00. The van der Waals surface area contributed by atoms with Gasteiger partial charge >= 0.3 is 0 Å². The van der Waals surface area contributed by atoms with Crippen molar-refractivity contribution < 1.29 is 0 Å². The topological polar surface area (TPSA) is 42.1 Å². The monoisotopic (exact) mass is 243 g/mol. The van der Waals surface area contributed by atoms with E-state index in [2.05, 4.69) is 36.8 Å². The maximum absolute atomic E-state index is 6.00. The van der Waals surface area contributed by atoms with Crippen LogP contribution in [-0.2, 0) is 0 Å². The van der Waals surface area contributed by atoms with E-state index >= 15 is 0 Å². The average molecular weight is 243 g/mol. The molecule has 96 valence electrons. The molecule has 0 aliphatic carbocycles. The van der Waals surface area contributed by atoms with Crippen molar-refractivity contribution in [3.8, 4) is 0 Å². The summed E-state index contributed by atoms with van der Waals surface area (Å²) >= 11 is 0. The van der Waals surface area contributed by atoms with Gasteiger partial charge in [0.25, 0.3) is 0 Å². The Balaban J connectivity index is 2.48. The summed E-state index contributed by atoms with van der Waals surface area (Å²) in [5, 5.41) is 2.21. The molecule has 1 atom stereocenters. The standard InChI is InChI=1S/C15H21N3/c1-4-5-11(2)18(3)15-7-6-14(16)13-10-17-9-8-12(13)15/h6-11H,4-5,16H2,1-3H3. The molecule has 1 aromatic heterocycles. The van der Waals surface area contributed by atoms with E-state index in [4.69, 9.17) is 5.73 Å². The molecule has 2 rings (SSSR count). The lowest BCUT2D eigenvalue weighted by molar-refractivity contribution is 0.617. The van der Waals surface area contributed by atoms with Crippen molar-refractivity contribution in [2.75, 3.05) is 17.7 Å². The summed E-state index contributed by atoms with van der Waals surface area (Å²) in [4.78, 5) is 6.48. The van der Waals surface area contributed by atoms with Gasteiger partial charge in [-0.05, 0) is 31.5 Å². The third kappa shape index (κ3) is 2.26. The second-order valence-corrected chi connectivity index (χ2v) is 4.84. The van der Waals surface area contributed by atoms with Crippen molar-refractivity contribution in [3.05, 3.63) is 30.6 Å². The Morgan fingerprint density at radius 3 is 2.78 bits per heavy atom. The highest BCUT2D eigenvalue weighted by Crippen LogP contribution is 2.31. The molecule has 0 bridgehead atoms. The van der Waals surface area contributed by atoms with E-state index in [0.29, 0.717) is 6.04 Å². The van der Waals surface area contributed by atoms with Crippen molar-refractivity contribution in [1.29, 1.82) is 0 Å². The van der Waals surface area contributed by atoms with Crippen molar-refractivity contribution in [3.63, 3.8) is 0 Å². The zero-order valence-corrected chi connectivity index (χ0v) is 11.4. The van der Waals surface area contributed by atoms with E-state index in [-0.39, 0.29) is 0 Å². The number of benzene rings is 1. The van der Waals surface area contributed by atoms with Crippen molar-refractivity contribution in [2.45, 2.75) is 32.7 Å². The number of nitrogen functional groups attached to an aromatic ring is 1. The quantitative estimate of drug-likeness (QED) is 0.836. The number of rotatable bonds is 4. The fourth-order valence-corrected chi connectivity index (χ4v) is 2.35. The first-order chi connectivity index (χ1) is 8.65. The third-order valence-corrected chi connectivity index (χ3v) is 3.58. The Labute approximate surface area is 109 Å². The summed E-state index contributed by atoms with van der Waals surface area (Å²) in [5.74, 6) is 0. The van der Waals surface area contributed by atoms with Crippen molar-refractivity contribution in [2.24, 2.45) is 0 Å².